The standard InChI is InChI=1S/C36H48BrFN6O3/c1-5-7-8-9-10-18-41-22-39-33-26(15-16-27(37)34(33)41)36(46)43-19-17-28-32-29(43)20-42(31(45)6-2)21-30(38)47-35(32)40-44(28)25-13-11-24(12-14-25)23(3)4/h6,11-16,23,28-30,32,35,39-40H,2,5,7-10,17-22H2,1,3-4H3. The van der Waals surface area contributed by atoms with Gasteiger partial charge in [0.1, 0.15) is 6.23 Å². The lowest BCUT2D eigenvalue weighted by Gasteiger charge is -2.47. The molecule has 2 N–H and O–H groups in total. The van der Waals surface area contributed by atoms with Gasteiger partial charge in [-0.2, -0.15) is 0 Å². The second-order valence-corrected chi connectivity index (χ2v) is 14.3. The summed E-state index contributed by atoms with van der Waals surface area (Å²) in [6.45, 7) is 12.2. The van der Waals surface area contributed by atoms with Crippen molar-refractivity contribution in [3.63, 3.8) is 0 Å². The van der Waals surface area contributed by atoms with Crippen LogP contribution in [0.3, 0.4) is 0 Å². The highest BCUT2D eigenvalue weighted by atomic mass is 79.9. The summed E-state index contributed by atoms with van der Waals surface area (Å²) in [5.41, 5.74) is 8.11. The molecule has 3 saturated heterocycles. The van der Waals surface area contributed by atoms with Crippen molar-refractivity contribution in [3.8, 4) is 0 Å². The molecule has 2 amide bonds. The number of fused-ring (bicyclic) bond motifs is 1. The summed E-state index contributed by atoms with van der Waals surface area (Å²) in [5.74, 6) is -0.360. The molecule has 9 nitrogen and oxygen atoms in total. The summed E-state index contributed by atoms with van der Waals surface area (Å²) in [5, 5.41) is 5.60. The van der Waals surface area contributed by atoms with Crippen LogP contribution < -0.4 is 20.7 Å². The molecule has 4 aliphatic rings. The van der Waals surface area contributed by atoms with Crippen molar-refractivity contribution in [2.75, 3.05) is 48.1 Å². The number of hydrazine groups is 1. The predicted molar refractivity (Wildman–Crippen MR) is 188 cm³/mol. The number of piperidine rings is 1. The summed E-state index contributed by atoms with van der Waals surface area (Å²) >= 11 is 3.75. The average molecular weight is 712 g/mol. The lowest BCUT2D eigenvalue weighted by molar-refractivity contribution is -0.158. The first-order valence-electron chi connectivity index (χ1n) is 17.2. The van der Waals surface area contributed by atoms with Crippen molar-refractivity contribution in [2.45, 2.75) is 89.9 Å². The number of nitrogens with one attached hydrogen (secondary N) is 2. The van der Waals surface area contributed by atoms with Crippen LogP contribution >= 0.6 is 15.9 Å². The number of amides is 2. The van der Waals surface area contributed by atoms with Gasteiger partial charge < -0.3 is 29.8 Å². The molecule has 0 spiro atoms. The van der Waals surface area contributed by atoms with E-state index in [-0.39, 0.29) is 36.9 Å². The first-order valence-corrected chi connectivity index (χ1v) is 18.0. The molecule has 0 radical (unpaired) electrons. The van der Waals surface area contributed by atoms with Crippen LogP contribution in [-0.4, -0.2) is 79.1 Å². The van der Waals surface area contributed by atoms with Gasteiger partial charge in [-0.15, -0.1) is 0 Å². The first-order chi connectivity index (χ1) is 22.7. The van der Waals surface area contributed by atoms with Gasteiger partial charge in [-0.25, -0.2) is 9.82 Å². The Labute approximate surface area is 286 Å². The number of hydrogen-bond acceptors (Lipinski definition) is 7. The maximum atomic E-state index is 15.3. The molecule has 2 aromatic rings. The van der Waals surface area contributed by atoms with Crippen molar-refractivity contribution < 1.29 is 18.7 Å². The fraction of sp³-hybridized carbons (Fsp3) is 0.556. The third kappa shape index (κ3) is 6.76. The van der Waals surface area contributed by atoms with Gasteiger partial charge in [-0.05, 0) is 70.6 Å². The second-order valence-electron chi connectivity index (χ2n) is 13.5. The predicted octanol–water partition coefficient (Wildman–Crippen LogP) is 6.62. The Bertz CT molecular complexity index is 1460. The summed E-state index contributed by atoms with van der Waals surface area (Å²) in [6, 6.07) is 11.8. The van der Waals surface area contributed by atoms with Crippen LogP contribution in [0.5, 0.6) is 0 Å². The Kier molecular flexibility index (Phi) is 10.4. The van der Waals surface area contributed by atoms with E-state index < -0.39 is 18.6 Å². The van der Waals surface area contributed by atoms with Gasteiger partial charge in [0.05, 0.1) is 47.9 Å². The molecule has 0 aliphatic carbocycles. The number of rotatable bonds is 10. The largest absolute Gasteiger partial charge is 0.365 e. The maximum Gasteiger partial charge on any atom is 0.256 e. The van der Waals surface area contributed by atoms with E-state index in [2.05, 4.69) is 88.2 Å². The third-order valence-corrected chi connectivity index (χ3v) is 10.8. The molecule has 2 aromatic carbocycles. The zero-order valence-electron chi connectivity index (χ0n) is 27.8. The number of anilines is 3. The van der Waals surface area contributed by atoms with Crippen LogP contribution in [0.1, 0.15) is 81.1 Å². The molecule has 6 rings (SSSR count). The molecule has 0 bridgehead atoms. The summed E-state index contributed by atoms with van der Waals surface area (Å²) in [6.07, 6.45) is 5.49. The summed E-state index contributed by atoms with van der Waals surface area (Å²) in [7, 11) is 0. The minimum atomic E-state index is -1.68. The van der Waals surface area contributed by atoms with Crippen LogP contribution in [0.2, 0.25) is 0 Å². The third-order valence-electron chi connectivity index (χ3n) is 10.2. The van der Waals surface area contributed by atoms with Gasteiger partial charge >= 0.3 is 0 Å². The van der Waals surface area contributed by atoms with Crippen molar-refractivity contribution >= 4 is 44.8 Å². The van der Waals surface area contributed by atoms with Crippen LogP contribution in [0.25, 0.3) is 0 Å². The fourth-order valence-corrected chi connectivity index (χ4v) is 8.30. The highest BCUT2D eigenvalue weighted by molar-refractivity contribution is 9.10. The van der Waals surface area contributed by atoms with Crippen LogP contribution in [0, 0.1) is 5.92 Å². The summed E-state index contributed by atoms with van der Waals surface area (Å²) in [4.78, 5) is 33.2. The topological polar surface area (TPSA) is 80.4 Å². The number of halogens is 2. The second kappa shape index (κ2) is 14.5. The number of nitrogens with zero attached hydrogens (tertiary/aromatic N) is 4. The van der Waals surface area contributed by atoms with Crippen LogP contribution in [0.4, 0.5) is 21.5 Å². The van der Waals surface area contributed by atoms with Crippen molar-refractivity contribution in [1.82, 2.24) is 15.2 Å². The van der Waals surface area contributed by atoms with Gasteiger partial charge in [-0.3, -0.25) is 9.59 Å². The zero-order chi connectivity index (χ0) is 33.2. The molecule has 4 heterocycles. The number of hydrogen-bond donors (Lipinski definition) is 2. The van der Waals surface area contributed by atoms with Crippen molar-refractivity contribution in [1.29, 1.82) is 0 Å². The monoisotopic (exact) mass is 710 g/mol. The summed E-state index contributed by atoms with van der Waals surface area (Å²) < 4.78 is 22.3. The van der Waals surface area contributed by atoms with E-state index in [9.17, 15) is 9.59 Å². The van der Waals surface area contributed by atoms with Crippen molar-refractivity contribution in [3.05, 3.63) is 64.7 Å². The Morgan fingerprint density at radius 2 is 1.85 bits per heavy atom. The SMILES string of the molecule is C=CC(=O)N1CC(F)OC2NN(c3ccc(C(C)C)cc3)C3CCN(C(=O)c4ccc(Br)c5c4NCN5CCCCCCC)C(C1)C23. The number of carbonyl (C=O) groups is 2. The Morgan fingerprint density at radius 1 is 1.09 bits per heavy atom. The van der Waals surface area contributed by atoms with E-state index in [0.717, 1.165) is 34.5 Å². The van der Waals surface area contributed by atoms with E-state index in [1.54, 1.807) is 0 Å². The zero-order valence-corrected chi connectivity index (χ0v) is 29.3. The van der Waals surface area contributed by atoms with E-state index in [1.807, 2.05) is 17.0 Å². The maximum absolute atomic E-state index is 15.3. The molecule has 5 atom stereocenters. The molecule has 0 saturated carbocycles. The normalized spacial score (nSPS) is 25.3. The van der Waals surface area contributed by atoms with E-state index in [0.29, 0.717) is 31.1 Å². The van der Waals surface area contributed by atoms with E-state index >= 15 is 4.39 Å². The van der Waals surface area contributed by atoms with Gasteiger partial charge in [0.2, 0.25) is 12.3 Å². The van der Waals surface area contributed by atoms with E-state index in [1.165, 1.54) is 42.2 Å². The highest BCUT2D eigenvalue weighted by Crippen LogP contribution is 2.44. The first kappa shape index (κ1) is 33.7. The van der Waals surface area contributed by atoms with E-state index in [4.69, 9.17) is 4.74 Å². The van der Waals surface area contributed by atoms with Crippen molar-refractivity contribution in [2.24, 2.45) is 5.92 Å². The van der Waals surface area contributed by atoms with Gasteiger partial charge in [-0.1, -0.05) is 65.2 Å². The number of unbranched alkanes of at least 4 members (excludes halogenated alkanes) is 4. The average Bonchev–Trinajstić information content (AvgIpc) is 3.65. The minimum absolute atomic E-state index is 0.0677. The fourth-order valence-electron chi connectivity index (χ4n) is 7.72. The quantitative estimate of drug-likeness (QED) is 0.212. The lowest BCUT2D eigenvalue weighted by Crippen LogP contribution is -2.62. The van der Waals surface area contributed by atoms with Gasteiger partial charge in [0.15, 0.2) is 0 Å². The molecule has 254 valence electrons. The molecule has 0 aromatic heterocycles. The number of ether oxygens (including phenoxy) is 1. The Hall–Kier alpha value is -3.15. The number of likely N-dealkylation sites (tertiary alicyclic amines) is 1. The molecule has 11 heteroatoms. The molecule has 47 heavy (non-hydrogen) atoms. The van der Waals surface area contributed by atoms with Gasteiger partial charge in [0.25, 0.3) is 5.91 Å². The number of benzene rings is 2. The molecule has 4 aliphatic heterocycles. The molecule has 3 fully saturated rings. The Balaban J connectivity index is 1.30. The minimum Gasteiger partial charge on any atom is -0.365 e. The molecular formula is C36H48BrFN6O3. The van der Waals surface area contributed by atoms with Gasteiger partial charge in [0, 0.05) is 30.0 Å². The molecule has 5 unspecified atom stereocenters. The van der Waals surface area contributed by atoms with Crippen LogP contribution in [-0.2, 0) is 9.53 Å². The lowest BCUT2D eigenvalue weighted by atomic mass is 9.83. The van der Waals surface area contributed by atoms with Crippen LogP contribution in [0.15, 0.2) is 53.5 Å². The smallest absolute Gasteiger partial charge is 0.256 e. The highest BCUT2D eigenvalue weighted by Gasteiger charge is 2.54. The number of alkyl halides is 1. The molecular weight excluding hydrogens is 663 g/mol. The number of carbonyl (C=O) groups excluding carboxylic acids is 2. The Morgan fingerprint density at radius 3 is 2.57 bits per heavy atom.